The minimum atomic E-state index is 0.342. The zero-order valence-corrected chi connectivity index (χ0v) is 10.0. The molecule has 0 radical (unpaired) electrons. The Morgan fingerprint density at radius 3 is 1.92 bits per heavy atom. The summed E-state index contributed by atoms with van der Waals surface area (Å²) in [7, 11) is 4.21. The van der Waals surface area contributed by atoms with Crippen molar-refractivity contribution in [1.29, 1.82) is 0 Å². The largest absolute Gasteiger partial charge is 0.375 e. The van der Waals surface area contributed by atoms with E-state index in [1.807, 2.05) is 0 Å². The Balaban J connectivity index is 3.81. The first-order valence-corrected chi connectivity index (χ1v) is 5.23. The molecular formula is C11H25NO. The zero-order valence-electron chi connectivity index (χ0n) is 10.0. The lowest BCUT2D eigenvalue weighted by atomic mass is 10.0. The van der Waals surface area contributed by atoms with Gasteiger partial charge in [0.1, 0.15) is 0 Å². The molecule has 0 aromatic heterocycles. The molecule has 13 heavy (non-hydrogen) atoms. The summed E-state index contributed by atoms with van der Waals surface area (Å²) in [5, 5.41) is 0. The molecule has 0 N–H and O–H groups in total. The topological polar surface area (TPSA) is 12.5 Å². The molecule has 0 amide bonds. The normalized spacial score (nSPS) is 14.5. The molecule has 0 aliphatic carbocycles. The summed E-state index contributed by atoms with van der Waals surface area (Å²) in [6.45, 7) is 9.76. The SMILES string of the molecule is CC(C)OC(CCN(C)C)C(C)C. The molecule has 80 valence electrons. The standard InChI is InChI=1S/C11H25NO/c1-9(2)11(13-10(3)4)7-8-12(5)6/h9-11H,7-8H2,1-6H3. The minimum absolute atomic E-state index is 0.342. The van der Waals surface area contributed by atoms with Gasteiger partial charge in [-0.25, -0.2) is 0 Å². The Morgan fingerprint density at radius 2 is 1.62 bits per heavy atom. The quantitative estimate of drug-likeness (QED) is 0.633. The van der Waals surface area contributed by atoms with Crippen LogP contribution in [0.15, 0.2) is 0 Å². The molecule has 2 nitrogen and oxygen atoms in total. The van der Waals surface area contributed by atoms with E-state index in [0.29, 0.717) is 18.1 Å². The van der Waals surface area contributed by atoms with Crippen molar-refractivity contribution in [2.24, 2.45) is 5.92 Å². The highest BCUT2D eigenvalue weighted by atomic mass is 16.5. The lowest BCUT2D eigenvalue weighted by Gasteiger charge is -2.25. The third-order valence-electron chi connectivity index (χ3n) is 2.05. The molecule has 0 aromatic rings. The highest BCUT2D eigenvalue weighted by molar-refractivity contribution is 4.65. The number of ether oxygens (including phenoxy) is 1. The van der Waals surface area contributed by atoms with Gasteiger partial charge in [0.25, 0.3) is 0 Å². The highest BCUT2D eigenvalue weighted by Crippen LogP contribution is 2.13. The van der Waals surface area contributed by atoms with E-state index in [1.54, 1.807) is 0 Å². The van der Waals surface area contributed by atoms with Gasteiger partial charge in [-0.05, 0) is 46.8 Å². The van der Waals surface area contributed by atoms with Gasteiger partial charge in [-0.2, -0.15) is 0 Å². The van der Waals surface area contributed by atoms with Crippen molar-refractivity contribution >= 4 is 0 Å². The maximum atomic E-state index is 5.84. The fourth-order valence-corrected chi connectivity index (χ4v) is 1.29. The average molecular weight is 187 g/mol. The number of nitrogens with zero attached hydrogens (tertiary/aromatic N) is 1. The maximum absolute atomic E-state index is 5.84. The Kier molecular flexibility index (Phi) is 6.35. The summed E-state index contributed by atoms with van der Waals surface area (Å²) in [4.78, 5) is 2.21. The molecule has 1 unspecified atom stereocenters. The average Bonchev–Trinajstić information content (AvgIpc) is 1.96. The van der Waals surface area contributed by atoms with Gasteiger partial charge in [0, 0.05) is 0 Å². The Hall–Kier alpha value is -0.0800. The van der Waals surface area contributed by atoms with Gasteiger partial charge in [0.2, 0.25) is 0 Å². The summed E-state index contributed by atoms with van der Waals surface area (Å²) in [6.07, 6.45) is 1.88. The van der Waals surface area contributed by atoms with E-state index in [-0.39, 0.29) is 0 Å². The third kappa shape index (κ3) is 7.03. The van der Waals surface area contributed by atoms with Crippen LogP contribution in [-0.4, -0.2) is 37.7 Å². The summed E-state index contributed by atoms with van der Waals surface area (Å²) in [5.41, 5.74) is 0. The van der Waals surface area contributed by atoms with Gasteiger partial charge in [0.05, 0.1) is 12.2 Å². The number of hydrogen-bond donors (Lipinski definition) is 0. The second-order valence-corrected chi connectivity index (χ2v) is 4.56. The van der Waals surface area contributed by atoms with Crippen LogP contribution in [0.5, 0.6) is 0 Å². The molecule has 0 saturated carbocycles. The van der Waals surface area contributed by atoms with Crippen LogP contribution in [0.1, 0.15) is 34.1 Å². The molecule has 0 heterocycles. The predicted molar refractivity (Wildman–Crippen MR) is 58.0 cm³/mol. The van der Waals surface area contributed by atoms with Crippen LogP contribution in [0.2, 0.25) is 0 Å². The van der Waals surface area contributed by atoms with Crippen LogP contribution >= 0.6 is 0 Å². The van der Waals surface area contributed by atoms with E-state index in [9.17, 15) is 0 Å². The third-order valence-corrected chi connectivity index (χ3v) is 2.05. The summed E-state index contributed by atoms with van der Waals surface area (Å²) in [5.74, 6) is 0.613. The van der Waals surface area contributed by atoms with Crippen LogP contribution in [0, 0.1) is 5.92 Å². The van der Waals surface area contributed by atoms with Gasteiger partial charge < -0.3 is 9.64 Å². The molecule has 0 aliphatic rings. The molecule has 0 saturated heterocycles. The van der Waals surface area contributed by atoms with Crippen LogP contribution in [0.25, 0.3) is 0 Å². The van der Waals surface area contributed by atoms with Gasteiger partial charge in [-0.3, -0.25) is 0 Å². The molecule has 0 fully saturated rings. The molecule has 0 rings (SSSR count). The smallest absolute Gasteiger partial charge is 0.0613 e. The molecular weight excluding hydrogens is 162 g/mol. The lowest BCUT2D eigenvalue weighted by Crippen LogP contribution is -2.28. The Labute approximate surface area is 83.3 Å². The van der Waals surface area contributed by atoms with Crippen LogP contribution in [0.3, 0.4) is 0 Å². The fraction of sp³-hybridized carbons (Fsp3) is 1.00. The predicted octanol–water partition coefficient (Wildman–Crippen LogP) is 2.39. The van der Waals surface area contributed by atoms with Crippen LogP contribution < -0.4 is 0 Å². The van der Waals surface area contributed by atoms with Gasteiger partial charge in [-0.15, -0.1) is 0 Å². The van der Waals surface area contributed by atoms with Crippen LogP contribution in [-0.2, 0) is 4.74 Å². The first kappa shape index (κ1) is 12.9. The zero-order chi connectivity index (χ0) is 10.4. The summed E-state index contributed by atoms with van der Waals surface area (Å²) < 4.78 is 5.84. The van der Waals surface area contributed by atoms with Crippen molar-refractivity contribution in [2.45, 2.75) is 46.3 Å². The van der Waals surface area contributed by atoms with Crippen molar-refractivity contribution in [3.05, 3.63) is 0 Å². The summed E-state index contributed by atoms with van der Waals surface area (Å²) >= 11 is 0. The highest BCUT2D eigenvalue weighted by Gasteiger charge is 2.15. The second-order valence-electron chi connectivity index (χ2n) is 4.56. The van der Waals surface area contributed by atoms with E-state index in [2.05, 4.69) is 46.7 Å². The minimum Gasteiger partial charge on any atom is -0.375 e. The molecule has 2 heteroatoms. The second kappa shape index (κ2) is 6.39. The number of rotatable bonds is 6. The van der Waals surface area contributed by atoms with Gasteiger partial charge >= 0.3 is 0 Å². The van der Waals surface area contributed by atoms with Crippen LogP contribution in [0.4, 0.5) is 0 Å². The van der Waals surface area contributed by atoms with Crippen molar-refractivity contribution in [3.63, 3.8) is 0 Å². The molecule has 1 atom stereocenters. The van der Waals surface area contributed by atoms with Gasteiger partial charge in [-0.1, -0.05) is 13.8 Å². The van der Waals surface area contributed by atoms with E-state index < -0.39 is 0 Å². The van der Waals surface area contributed by atoms with Crippen molar-refractivity contribution in [3.8, 4) is 0 Å². The van der Waals surface area contributed by atoms with E-state index in [1.165, 1.54) is 0 Å². The molecule has 0 aromatic carbocycles. The van der Waals surface area contributed by atoms with Gasteiger partial charge in [0.15, 0.2) is 0 Å². The van der Waals surface area contributed by atoms with Crippen molar-refractivity contribution < 1.29 is 4.74 Å². The van der Waals surface area contributed by atoms with E-state index in [0.717, 1.165) is 13.0 Å². The Bertz CT molecular complexity index is 121. The lowest BCUT2D eigenvalue weighted by molar-refractivity contribution is -0.0252. The van der Waals surface area contributed by atoms with Crippen molar-refractivity contribution in [1.82, 2.24) is 4.90 Å². The number of hydrogen-bond acceptors (Lipinski definition) is 2. The van der Waals surface area contributed by atoms with Crippen molar-refractivity contribution in [2.75, 3.05) is 20.6 Å². The van der Waals surface area contributed by atoms with E-state index >= 15 is 0 Å². The molecule has 0 bridgehead atoms. The monoisotopic (exact) mass is 187 g/mol. The molecule has 0 aliphatic heterocycles. The Morgan fingerprint density at radius 1 is 1.08 bits per heavy atom. The first-order valence-electron chi connectivity index (χ1n) is 5.23. The summed E-state index contributed by atoms with van der Waals surface area (Å²) in [6, 6.07) is 0. The fourth-order valence-electron chi connectivity index (χ4n) is 1.29. The molecule has 0 spiro atoms. The maximum Gasteiger partial charge on any atom is 0.0613 e. The first-order chi connectivity index (χ1) is 5.93. The van der Waals surface area contributed by atoms with E-state index in [4.69, 9.17) is 4.74 Å².